The normalized spacial score (nSPS) is 41.6. The number of nitrogens with zero attached hydrogens (tertiary/aromatic N) is 1. The molecule has 1 amide bonds. The van der Waals surface area contributed by atoms with Crippen molar-refractivity contribution in [1.82, 2.24) is 5.06 Å². The first-order chi connectivity index (χ1) is 9.76. The molecule has 7 heteroatoms. The van der Waals surface area contributed by atoms with E-state index in [1.807, 2.05) is 6.92 Å². The number of hydrogen-bond donors (Lipinski definition) is 3. The van der Waals surface area contributed by atoms with Crippen molar-refractivity contribution in [1.29, 1.82) is 0 Å². The number of carbonyl (C=O) groups excluding carboxylic acids is 2. The Hall–Kier alpha value is -1.54. The third kappa shape index (κ3) is 1.82. The minimum atomic E-state index is -2.06. The van der Waals surface area contributed by atoms with E-state index in [9.17, 15) is 24.9 Å². The van der Waals surface area contributed by atoms with Gasteiger partial charge in [-0.05, 0) is 25.0 Å². The Morgan fingerprint density at radius 3 is 2.48 bits per heavy atom. The number of carbonyl (C=O) groups is 2. The Bertz CT molecular complexity index is 538. The van der Waals surface area contributed by atoms with E-state index < -0.39 is 35.0 Å². The van der Waals surface area contributed by atoms with E-state index in [0.717, 1.165) is 13.2 Å². The number of hydrogen-bond acceptors (Lipinski definition) is 6. The Morgan fingerprint density at radius 1 is 1.38 bits per heavy atom. The summed E-state index contributed by atoms with van der Waals surface area (Å²) < 4.78 is 0. The minimum Gasteiger partial charge on any atom is -0.386 e. The molecule has 0 aromatic heterocycles. The van der Waals surface area contributed by atoms with Gasteiger partial charge in [-0.3, -0.25) is 14.4 Å². The zero-order chi connectivity index (χ0) is 16.0. The largest absolute Gasteiger partial charge is 0.386 e. The fraction of sp³-hybridized carbons (Fsp3) is 0.571. The molecule has 2 aliphatic rings. The maximum Gasteiger partial charge on any atom is 0.265 e. The molecule has 4 atom stereocenters. The highest BCUT2D eigenvalue weighted by molar-refractivity contribution is 6.04. The molecule has 3 N–H and O–H groups in total. The number of hydroxylamine groups is 2. The number of aliphatic hydroxyl groups excluding tert-OH is 2. The fourth-order valence-corrected chi connectivity index (χ4v) is 3.09. The first-order valence-electron chi connectivity index (χ1n) is 6.66. The lowest BCUT2D eigenvalue weighted by Gasteiger charge is -2.38. The van der Waals surface area contributed by atoms with Crippen LogP contribution in [0.25, 0.3) is 0 Å². The topological polar surface area (TPSA) is 107 Å². The second kappa shape index (κ2) is 5.03. The smallest absolute Gasteiger partial charge is 0.265 e. The molecule has 2 rings (SSSR count). The Kier molecular flexibility index (Phi) is 3.79. The van der Waals surface area contributed by atoms with Crippen molar-refractivity contribution in [3.05, 3.63) is 23.8 Å². The van der Waals surface area contributed by atoms with Gasteiger partial charge in [-0.25, -0.2) is 0 Å². The fourth-order valence-electron chi connectivity index (χ4n) is 3.09. The van der Waals surface area contributed by atoms with Gasteiger partial charge in [0.05, 0.1) is 7.11 Å². The molecule has 0 unspecified atom stereocenters. The summed E-state index contributed by atoms with van der Waals surface area (Å²) in [5, 5.41) is 31.8. The third-order valence-corrected chi connectivity index (χ3v) is 4.11. The van der Waals surface area contributed by atoms with Gasteiger partial charge in [0.1, 0.15) is 17.6 Å². The summed E-state index contributed by atoms with van der Waals surface area (Å²) in [6.07, 6.45) is 1.19. The van der Waals surface area contributed by atoms with Gasteiger partial charge in [-0.1, -0.05) is 19.1 Å². The third-order valence-electron chi connectivity index (χ3n) is 4.11. The standard InChI is InChI=1S/C14H19NO6/c1-4-5-8-6-7-9(16)10(17)14(8)11(18)13(2,20)15(21-3)12(14)19/h5-7,10-11,17-18,20H,4H2,1-3H3/b8-5-/t10-,11+,13+,14+/m0/s1. The van der Waals surface area contributed by atoms with Crippen LogP contribution in [-0.2, 0) is 14.4 Å². The lowest BCUT2D eigenvalue weighted by Crippen LogP contribution is -2.56. The van der Waals surface area contributed by atoms with Gasteiger partial charge in [0.2, 0.25) is 0 Å². The second-order valence-electron chi connectivity index (χ2n) is 5.35. The van der Waals surface area contributed by atoms with Crippen LogP contribution in [0.4, 0.5) is 0 Å². The lowest BCUT2D eigenvalue weighted by molar-refractivity contribution is -0.262. The minimum absolute atomic E-state index is 0.287. The first kappa shape index (κ1) is 15.8. The molecule has 0 aromatic carbocycles. The highest BCUT2D eigenvalue weighted by atomic mass is 16.7. The zero-order valence-corrected chi connectivity index (χ0v) is 12.1. The van der Waals surface area contributed by atoms with Crippen molar-refractivity contribution in [3.63, 3.8) is 0 Å². The van der Waals surface area contributed by atoms with Crippen molar-refractivity contribution >= 4 is 11.7 Å². The summed E-state index contributed by atoms with van der Waals surface area (Å²) >= 11 is 0. The van der Waals surface area contributed by atoms with Crippen molar-refractivity contribution in [2.45, 2.75) is 38.2 Å². The molecule has 0 aromatic rings. The molecule has 1 spiro atoms. The molecule has 1 heterocycles. The first-order valence-corrected chi connectivity index (χ1v) is 6.66. The van der Waals surface area contributed by atoms with E-state index in [1.54, 1.807) is 6.08 Å². The van der Waals surface area contributed by atoms with Gasteiger partial charge >= 0.3 is 0 Å². The molecule has 1 aliphatic carbocycles. The van der Waals surface area contributed by atoms with E-state index in [1.165, 1.54) is 13.0 Å². The molecule has 0 bridgehead atoms. The summed E-state index contributed by atoms with van der Waals surface area (Å²) in [4.78, 5) is 29.4. The average molecular weight is 297 g/mol. The summed E-state index contributed by atoms with van der Waals surface area (Å²) in [5.74, 6) is -1.56. The lowest BCUT2D eigenvalue weighted by atomic mass is 9.66. The van der Waals surface area contributed by atoms with Crippen LogP contribution in [0.5, 0.6) is 0 Å². The average Bonchev–Trinajstić information content (AvgIpc) is 2.57. The Morgan fingerprint density at radius 2 is 2.00 bits per heavy atom. The maximum atomic E-state index is 12.7. The zero-order valence-electron chi connectivity index (χ0n) is 12.1. The summed E-state index contributed by atoms with van der Waals surface area (Å²) in [6, 6.07) is 0. The van der Waals surface area contributed by atoms with Gasteiger partial charge in [0, 0.05) is 0 Å². The van der Waals surface area contributed by atoms with Crippen molar-refractivity contribution in [2.75, 3.05) is 7.11 Å². The van der Waals surface area contributed by atoms with Crippen molar-refractivity contribution < 1.29 is 29.7 Å². The summed E-state index contributed by atoms with van der Waals surface area (Å²) in [7, 11) is 1.16. The molecule has 1 fully saturated rings. The van der Waals surface area contributed by atoms with Crippen LogP contribution >= 0.6 is 0 Å². The maximum absolute atomic E-state index is 12.7. The number of ketones is 1. The highest BCUT2D eigenvalue weighted by Gasteiger charge is 2.71. The highest BCUT2D eigenvalue weighted by Crippen LogP contribution is 2.51. The quantitative estimate of drug-likeness (QED) is 0.621. The van der Waals surface area contributed by atoms with E-state index in [2.05, 4.69) is 0 Å². The monoisotopic (exact) mass is 297 g/mol. The van der Waals surface area contributed by atoms with Gasteiger partial charge in [0.25, 0.3) is 5.91 Å². The van der Waals surface area contributed by atoms with Crippen LogP contribution in [0.3, 0.4) is 0 Å². The Balaban J connectivity index is 2.72. The molecule has 0 saturated carbocycles. The van der Waals surface area contributed by atoms with Crippen LogP contribution in [0, 0.1) is 5.41 Å². The number of aliphatic hydroxyl groups is 3. The molecule has 7 nitrogen and oxygen atoms in total. The van der Waals surface area contributed by atoms with Gasteiger partial charge in [-0.15, -0.1) is 0 Å². The van der Waals surface area contributed by atoms with E-state index in [0.29, 0.717) is 11.5 Å². The van der Waals surface area contributed by atoms with Crippen LogP contribution in [0.2, 0.25) is 0 Å². The van der Waals surface area contributed by atoms with E-state index in [4.69, 9.17) is 4.84 Å². The Labute approximate surface area is 122 Å². The number of amides is 1. The molecule has 116 valence electrons. The molecule has 0 radical (unpaired) electrons. The SMILES string of the molecule is CC/C=C1/C=CC(=O)[C@H](O)[C@]12C(=O)N(OC)[C@](C)(O)[C@H]2O. The van der Waals surface area contributed by atoms with Crippen molar-refractivity contribution in [2.24, 2.45) is 5.41 Å². The van der Waals surface area contributed by atoms with Crippen LogP contribution in [0.1, 0.15) is 20.3 Å². The second-order valence-corrected chi connectivity index (χ2v) is 5.35. The summed E-state index contributed by atoms with van der Waals surface area (Å²) in [6.45, 7) is 3.00. The molecular formula is C14H19NO6. The molecule has 21 heavy (non-hydrogen) atoms. The van der Waals surface area contributed by atoms with Crippen LogP contribution in [-0.4, -0.2) is 57.1 Å². The van der Waals surface area contributed by atoms with Gasteiger partial charge in [-0.2, -0.15) is 5.06 Å². The molecule has 1 saturated heterocycles. The predicted octanol–water partition coefficient (Wildman–Crippen LogP) is -0.718. The number of rotatable bonds is 2. The van der Waals surface area contributed by atoms with Crippen LogP contribution < -0.4 is 0 Å². The van der Waals surface area contributed by atoms with E-state index in [-0.39, 0.29) is 5.57 Å². The van der Waals surface area contributed by atoms with Gasteiger partial charge < -0.3 is 15.3 Å². The molecule has 1 aliphatic heterocycles. The van der Waals surface area contributed by atoms with E-state index >= 15 is 0 Å². The summed E-state index contributed by atoms with van der Waals surface area (Å²) in [5.41, 5.74) is -3.73. The van der Waals surface area contributed by atoms with Crippen molar-refractivity contribution in [3.8, 4) is 0 Å². The number of allylic oxidation sites excluding steroid dienone is 2. The predicted molar refractivity (Wildman–Crippen MR) is 71.4 cm³/mol. The van der Waals surface area contributed by atoms with Crippen LogP contribution in [0.15, 0.2) is 23.8 Å². The van der Waals surface area contributed by atoms with Gasteiger partial charge in [0.15, 0.2) is 11.5 Å². The molecular weight excluding hydrogens is 278 g/mol.